The molecule has 0 aliphatic heterocycles. The lowest BCUT2D eigenvalue weighted by Crippen LogP contribution is -2.09. The van der Waals surface area contributed by atoms with Crippen LogP contribution in [0.4, 0.5) is 0 Å². The number of aromatic nitrogens is 1. The van der Waals surface area contributed by atoms with Gasteiger partial charge in [-0.15, -0.1) is 0 Å². The monoisotopic (exact) mass is 293 g/mol. The van der Waals surface area contributed by atoms with E-state index in [1.165, 1.54) is 0 Å². The van der Waals surface area contributed by atoms with Gasteiger partial charge in [0.05, 0.1) is 12.3 Å². The molecule has 0 atom stereocenters. The fraction of sp³-hybridized carbons (Fsp3) is 0.500. The standard InChI is InChI=1S/C14H17NO4.C2H6/c1-9(2)13-11-8-10(18-7-6-17-3)4-5-12(11)19-14(16)15-13;1-2/h4-5,8-9H,6-7H2,1-3H3;1-2H3. The molecule has 21 heavy (non-hydrogen) atoms. The summed E-state index contributed by atoms with van der Waals surface area (Å²) in [5.41, 5.74) is 1.26. The predicted molar refractivity (Wildman–Crippen MR) is 83.1 cm³/mol. The fourth-order valence-electron chi connectivity index (χ4n) is 1.85. The van der Waals surface area contributed by atoms with Gasteiger partial charge >= 0.3 is 5.76 Å². The summed E-state index contributed by atoms with van der Waals surface area (Å²) < 4.78 is 15.6. The Kier molecular flexibility index (Phi) is 6.88. The molecule has 5 nitrogen and oxygen atoms in total. The Labute approximate surface area is 124 Å². The van der Waals surface area contributed by atoms with Crippen molar-refractivity contribution in [1.29, 1.82) is 0 Å². The van der Waals surface area contributed by atoms with E-state index in [2.05, 4.69) is 4.98 Å². The van der Waals surface area contributed by atoms with E-state index in [4.69, 9.17) is 13.9 Å². The van der Waals surface area contributed by atoms with E-state index in [-0.39, 0.29) is 5.92 Å². The fourth-order valence-corrected chi connectivity index (χ4v) is 1.85. The van der Waals surface area contributed by atoms with Crippen LogP contribution in [0.15, 0.2) is 27.4 Å². The zero-order valence-corrected chi connectivity index (χ0v) is 13.3. The highest BCUT2D eigenvalue weighted by Gasteiger charge is 2.11. The van der Waals surface area contributed by atoms with Gasteiger partial charge in [0.15, 0.2) is 0 Å². The summed E-state index contributed by atoms with van der Waals surface area (Å²) in [5, 5.41) is 0.810. The van der Waals surface area contributed by atoms with Gasteiger partial charge in [0, 0.05) is 12.5 Å². The molecule has 2 aromatic rings. The third-order valence-electron chi connectivity index (χ3n) is 2.74. The molecule has 0 fully saturated rings. The molecule has 0 saturated carbocycles. The quantitative estimate of drug-likeness (QED) is 0.791. The number of hydrogen-bond donors (Lipinski definition) is 0. The van der Waals surface area contributed by atoms with Crippen LogP contribution in [0.3, 0.4) is 0 Å². The van der Waals surface area contributed by atoms with E-state index >= 15 is 0 Å². The van der Waals surface area contributed by atoms with E-state index in [1.54, 1.807) is 19.2 Å². The SMILES string of the molecule is CC.COCCOc1ccc2oc(=O)nc(C(C)C)c2c1. The summed E-state index contributed by atoms with van der Waals surface area (Å²) >= 11 is 0. The minimum absolute atomic E-state index is 0.140. The maximum Gasteiger partial charge on any atom is 0.439 e. The first kappa shape index (κ1) is 17.2. The third-order valence-corrected chi connectivity index (χ3v) is 2.74. The molecule has 0 aliphatic rings. The van der Waals surface area contributed by atoms with E-state index in [0.29, 0.717) is 24.5 Å². The highest BCUT2D eigenvalue weighted by Crippen LogP contribution is 2.25. The molecule has 0 N–H and O–H groups in total. The second-order valence-electron chi connectivity index (χ2n) is 4.52. The zero-order chi connectivity index (χ0) is 15.8. The highest BCUT2D eigenvalue weighted by molar-refractivity contribution is 5.80. The highest BCUT2D eigenvalue weighted by atomic mass is 16.5. The number of rotatable bonds is 5. The molecule has 0 aliphatic carbocycles. The van der Waals surface area contributed by atoms with E-state index < -0.39 is 5.76 Å². The lowest BCUT2D eigenvalue weighted by molar-refractivity contribution is 0.146. The van der Waals surface area contributed by atoms with Crippen molar-refractivity contribution in [2.45, 2.75) is 33.6 Å². The second kappa shape index (κ2) is 8.42. The number of nitrogens with zero attached hydrogens (tertiary/aromatic N) is 1. The summed E-state index contributed by atoms with van der Waals surface area (Å²) in [7, 11) is 1.62. The maximum absolute atomic E-state index is 11.4. The summed E-state index contributed by atoms with van der Waals surface area (Å²) in [6.45, 7) is 8.97. The van der Waals surface area contributed by atoms with Crippen LogP contribution in [0, 0.1) is 0 Å². The Hall–Kier alpha value is -1.88. The molecule has 1 aromatic heterocycles. The number of ether oxygens (including phenoxy) is 2. The molecule has 0 spiro atoms. The normalized spacial score (nSPS) is 10.4. The topological polar surface area (TPSA) is 61.6 Å². The number of fused-ring (bicyclic) bond motifs is 1. The van der Waals surface area contributed by atoms with Crippen molar-refractivity contribution in [3.8, 4) is 5.75 Å². The van der Waals surface area contributed by atoms with Gasteiger partial charge in [-0.2, -0.15) is 4.98 Å². The summed E-state index contributed by atoms with van der Waals surface area (Å²) in [6, 6.07) is 5.34. The van der Waals surface area contributed by atoms with Gasteiger partial charge in [0.2, 0.25) is 0 Å². The first-order valence-corrected chi connectivity index (χ1v) is 7.18. The minimum atomic E-state index is -0.566. The first-order valence-electron chi connectivity index (χ1n) is 7.18. The number of benzene rings is 1. The van der Waals surface area contributed by atoms with Crippen molar-refractivity contribution in [3.63, 3.8) is 0 Å². The van der Waals surface area contributed by atoms with Gasteiger partial charge < -0.3 is 13.9 Å². The summed E-state index contributed by atoms with van der Waals surface area (Å²) in [6.07, 6.45) is 0. The average molecular weight is 293 g/mol. The van der Waals surface area contributed by atoms with Crippen LogP contribution in [0.1, 0.15) is 39.3 Å². The van der Waals surface area contributed by atoms with Crippen molar-refractivity contribution in [3.05, 3.63) is 34.4 Å². The number of methoxy groups -OCH3 is 1. The van der Waals surface area contributed by atoms with Gasteiger partial charge in [0.25, 0.3) is 0 Å². The van der Waals surface area contributed by atoms with Crippen LogP contribution >= 0.6 is 0 Å². The van der Waals surface area contributed by atoms with Crippen LogP contribution in [-0.4, -0.2) is 25.3 Å². The second-order valence-corrected chi connectivity index (χ2v) is 4.52. The smallest absolute Gasteiger partial charge is 0.439 e. The van der Waals surface area contributed by atoms with Crippen molar-refractivity contribution < 1.29 is 13.9 Å². The van der Waals surface area contributed by atoms with Gasteiger partial charge in [-0.25, -0.2) is 4.79 Å². The Balaban J connectivity index is 0.00000106. The molecule has 0 unspecified atom stereocenters. The van der Waals surface area contributed by atoms with Crippen molar-refractivity contribution in [1.82, 2.24) is 4.98 Å². The van der Waals surface area contributed by atoms with Gasteiger partial charge in [-0.3, -0.25) is 0 Å². The van der Waals surface area contributed by atoms with Crippen LogP contribution in [0.2, 0.25) is 0 Å². The van der Waals surface area contributed by atoms with Crippen molar-refractivity contribution in [2.24, 2.45) is 0 Å². The molecule has 0 radical (unpaired) electrons. The van der Waals surface area contributed by atoms with Gasteiger partial charge in [0.1, 0.15) is 17.9 Å². The Bertz CT molecular complexity index is 619. The lowest BCUT2D eigenvalue weighted by Gasteiger charge is -2.09. The minimum Gasteiger partial charge on any atom is -0.491 e. The van der Waals surface area contributed by atoms with Gasteiger partial charge in [-0.05, 0) is 24.1 Å². The molecule has 5 heteroatoms. The Morgan fingerprint density at radius 3 is 2.57 bits per heavy atom. The Morgan fingerprint density at radius 2 is 1.95 bits per heavy atom. The molecule has 0 saturated heterocycles. The molecule has 2 rings (SSSR count). The van der Waals surface area contributed by atoms with E-state index in [9.17, 15) is 4.79 Å². The van der Waals surface area contributed by atoms with E-state index in [1.807, 2.05) is 33.8 Å². The van der Waals surface area contributed by atoms with Crippen molar-refractivity contribution >= 4 is 11.0 Å². The van der Waals surface area contributed by atoms with Crippen molar-refractivity contribution in [2.75, 3.05) is 20.3 Å². The largest absolute Gasteiger partial charge is 0.491 e. The van der Waals surface area contributed by atoms with Gasteiger partial charge in [-0.1, -0.05) is 27.7 Å². The van der Waals surface area contributed by atoms with Crippen LogP contribution in [0.5, 0.6) is 5.75 Å². The predicted octanol–water partition coefficient (Wildman–Crippen LogP) is 3.36. The Morgan fingerprint density at radius 1 is 1.24 bits per heavy atom. The molecule has 116 valence electrons. The maximum atomic E-state index is 11.4. The zero-order valence-electron chi connectivity index (χ0n) is 13.3. The molecular formula is C16H23NO4. The number of hydrogen-bond acceptors (Lipinski definition) is 5. The summed E-state index contributed by atoms with van der Waals surface area (Å²) in [4.78, 5) is 15.3. The van der Waals surface area contributed by atoms with Crippen LogP contribution in [0.25, 0.3) is 11.0 Å². The first-order chi connectivity index (χ1) is 10.1. The molecular weight excluding hydrogens is 270 g/mol. The molecule has 0 amide bonds. The average Bonchev–Trinajstić information content (AvgIpc) is 2.49. The van der Waals surface area contributed by atoms with Crippen LogP contribution in [-0.2, 0) is 4.74 Å². The molecule has 1 aromatic carbocycles. The lowest BCUT2D eigenvalue weighted by atomic mass is 10.1. The molecule has 0 bridgehead atoms. The van der Waals surface area contributed by atoms with E-state index in [0.717, 1.165) is 11.1 Å². The van der Waals surface area contributed by atoms with Crippen LogP contribution < -0.4 is 10.5 Å². The third kappa shape index (κ3) is 4.56. The summed E-state index contributed by atoms with van der Waals surface area (Å²) in [5.74, 6) is 0.284. The molecule has 1 heterocycles.